The Hall–Kier alpha value is -2.67. The lowest BCUT2D eigenvalue weighted by molar-refractivity contribution is -0.116. The van der Waals surface area contributed by atoms with Gasteiger partial charge in [-0.1, -0.05) is 24.3 Å². The lowest BCUT2D eigenvalue weighted by Crippen LogP contribution is -2.31. The van der Waals surface area contributed by atoms with Crippen LogP contribution in [0.25, 0.3) is 0 Å². The number of nitrogens with one attached hydrogen (secondary N) is 1. The molecule has 0 saturated heterocycles. The standard InChI is InChI=1S/C19H20N2O4S/c1-13-9-10-14(2)16(12-13)20-18(22)8-5-11-21-19(23)15-6-3-4-7-17(15)26(21,24)25/h3-4,6-7,9-10,12H,5,8,11H2,1-2H3,(H,20,22). The number of carbonyl (C=O) groups excluding carboxylic acids is 2. The van der Waals surface area contributed by atoms with E-state index < -0.39 is 15.9 Å². The Morgan fingerprint density at radius 3 is 2.58 bits per heavy atom. The predicted octanol–water partition coefficient (Wildman–Crippen LogP) is 2.87. The number of fused-ring (bicyclic) bond motifs is 1. The van der Waals surface area contributed by atoms with Crippen LogP contribution in [-0.4, -0.2) is 31.1 Å². The zero-order chi connectivity index (χ0) is 18.9. The number of anilines is 1. The van der Waals surface area contributed by atoms with Crippen LogP contribution in [0, 0.1) is 13.8 Å². The number of rotatable bonds is 5. The molecule has 6 nitrogen and oxygen atoms in total. The summed E-state index contributed by atoms with van der Waals surface area (Å²) < 4.78 is 25.7. The quantitative estimate of drug-likeness (QED) is 0.875. The Morgan fingerprint density at radius 2 is 1.85 bits per heavy atom. The fraction of sp³-hybridized carbons (Fsp3) is 0.263. The van der Waals surface area contributed by atoms with Gasteiger partial charge >= 0.3 is 0 Å². The smallest absolute Gasteiger partial charge is 0.269 e. The summed E-state index contributed by atoms with van der Waals surface area (Å²) in [6, 6.07) is 11.9. The van der Waals surface area contributed by atoms with Gasteiger partial charge in [-0.25, -0.2) is 12.7 Å². The van der Waals surface area contributed by atoms with E-state index in [1.54, 1.807) is 12.1 Å². The topological polar surface area (TPSA) is 83.6 Å². The van der Waals surface area contributed by atoms with Gasteiger partial charge in [-0.2, -0.15) is 0 Å². The molecule has 26 heavy (non-hydrogen) atoms. The van der Waals surface area contributed by atoms with Crippen LogP contribution in [0.5, 0.6) is 0 Å². The van der Waals surface area contributed by atoms with Crippen molar-refractivity contribution in [2.75, 3.05) is 11.9 Å². The Kier molecular flexibility index (Phi) is 4.82. The maximum absolute atomic E-state index is 12.4. The molecule has 0 spiro atoms. The molecule has 2 aromatic rings. The van der Waals surface area contributed by atoms with Crippen molar-refractivity contribution in [2.45, 2.75) is 31.6 Å². The molecule has 7 heteroatoms. The van der Waals surface area contributed by atoms with Gasteiger partial charge in [0.15, 0.2) is 0 Å². The Labute approximate surface area is 152 Å². The highest BCUT2D eigenvalue weighted by Gasteiger charge is 2.40. The van der Waals surface area contributed by atoms with Crippen molar-refractivity contribution < 1.29 is 18.0 Å². The van der Waals surface area contributed by atoms with E-state index in [1.807, 2.05) is 32.0 Å². The first-order chi connectivity index (χ1) is 12.3. The first kappa shape index (κ1) is 18.1. The van der Waals surface area contributed by atoms with Crippen molar-refractivity contribution in [1.82, 2.24) is 4.31 Å². The molecular formula is C19H20N2O4S. The summed E-state index contributed by atoms with van der Waals surface area (Å²) in [5, 5.41) is 2.83. The highest BCUT2D eigenvalue weighted by atomic mass is 32.2. The maximum Gasteiger partial charge on any atom is 0.269 e. The fourth-order valence-corrected chi connectivity index (χ4v) is 4.53. The molecule has 0 aliphatic carbocycles. The highest BCUT2D eigenvalue weighted by molar-refractivity contribution is 7.90. The minimum atomic E-state index is -3.81. The summed E-state index contributed by atoms with van der Waals surface area (Å²) in [5.74, 6) is -0.740. The lowest BCUT2D eigenvalue weighted by atomic mass is 10.1. The lowest BCUT2D eigenvalue weighted by Gasteiger charge is -2.15. The molecule has 1 aliphatic rings. The second kappa shape index (κ2) is 6.92. The number of benzene rings is 2. The molecular weight excluding hydrogens is 352 g/mol. The van der Waals surface area contributed by atoms with Gasteiger partial charge < -0.3 is 5.32 Å². The molecule has 1 N–H and O–H groups in total. The van der Waals surface area contributed by atoms with E-state index in [1.165, 1.54) is 12.1 Å². The van der Waals surface area contributed by atoms with Crippen LogP contribution in [0.2, 0.25) is 0 Å². The van der Waals surface area contributed by atoms with E-state index in [0.717, 1.165) is 21.1 Å². The average molecular weight is 372 g/mol. The van der Waals surface area contributed by atoms with E-state index in [-0.39, 0.29) is 35.8 Å². The van der Waals surface area contributed by atoms with E-state index in [2.05, 4.69) is 5.32 Å². The highest BCUT2D eigenvalue weighted by Crippen LogP contribution is 2.30. The molecule has 1 heterocycles. The molecule has 136 valence electrons. The average Bonchev–Trinajstić information content (AvgIpc) is 2.79. The molecule has 0 bridgehead atoms. The third kappa shape index (κ3) is 3.35. The Morgan fingerprint density at radius 1 is 1.12 bits per heavy atom. The summed E-state index contributed by atoms with van der Waals surface area (Å²) in [7, 11) is -3.81. The second-order valence-electron chi connectivity index (χ2n) is 6.35. The van der Waals surface area contributed by atoms with Crippen LogP contribution in [0.15, 0.2) is 47.4 Å². The molecule has 0 atom stereocenters. The Bertz CT molecular complexity index is 983. The van der Waals surface area contributed by atoms with Gasteiger partial charge in [-0.15, -0.1) is 0 Å². The van der Waals surface area contributed by atoms with Crippen LogP contribution in [0.4, 0.5) is 5.69 Å². The third-order valence-corrected chi connectivity index (χ3v) is 6.18. The van der Waals surface area contributed by atoms with Crippen molar-refractivity contribution in [2.24, 2.45) is 0 Å². The minimum absolute atomic E-state index is 0.0178. The number of nitrogens with zero attached hydrogens (tertiary/aromatic N) is 1. The molecule has 0 aromatic heterocycles. The number of sulfonamides is 1. The number of hydrogen-bond acceptors (Lipinski definition) is 4. The van der Waals surface area contributed by atoms with Gasteiger partial charge in [0.1, 0.15) is 4.90 Å². The SMILES string of the molecule is Cc1ccc(C)c(NC(=O)CCCN2C(=O)c3ccccc3S2(=O)=O)c1. The molecule has 3 rings (SSSR count). The number of carbonyl (C=O) groups is 2. The van der Waals surface area contributed by atoms with Crippen molar-refractivity contribution in [3.05, 3.63) is 59.2 Å². The summed E-state index contributed by atoms with van der Waals surface area (Å²) >= 11 is 0. The van der Waals surface area contributed by atoms with Crippen molar-refractivity contribution in [3.63, 3.8) is 0 Å². The van der Waals surface area contributed by atoms with Gasteiger partial charge in [0, 0.05) is 18.7 Å². The first-order valence-corrected chi connectivity index (χ1v) is 9.78. The van der Waals surface area contributed by atoms with Gasteiger partial charge in [0.2, 0.25) is 5.91 Å². The summed E-state index contributed by atoms with van der Waals surface area (Å²) in [6.45, 7) is 3.83. The Balaban J connectivity index is 1.61. The van der Waals surface area contributed by atoms with Gasteiger partial charge in [-0.3, -0.25) is 9.59 Å². The second-order valence-corrected chi connectivity index (χ2v) is 8.18. The molecule has 0 radical (unpaired) electrons. The molecule has 1 aliphatic heterocycles. The largest absolute Gasteiger partial charge is 0.326 e. The number of hydrogen-bond donors (Lipinski definition) is 1. The fourth-order valence-electron chi connectivity index (χ4n) is 2.92. The van der Waals surface area contributed by atoms with Crippen molar-refractivity contribution in [1.29, 1.82) is 0 Å². The summed E-state index contributed by atoms with van der Waals surface area (Å²) in [6.07, 6.45) is 0.388. The summed E-state index contributed by atoms with van der Waals surface area (Å²) in [4.78, 5) is 24.5. The van der Waals surface area contributed by atoms with Gasteiger partial charge in [0.05, 0.1) is 5.56 Å². The van der Waals surface area contributed by atoms with Crippen LogP contribution in [0.1, 0.15) is 34.3 Å². The van der Waals surface area contributed by atoms with E-state index >= 15 is 0 Å². The first-order valence-electron chi connectivity index (χ1n) is 8.34. The monoisotopic (exact) mass is 372 g/mol. The minimum Gasteiger partial charge on any atom is -0.326 e. The van der Waals surface area contributed by atoms with Crippen LogP contribution in [-0.2, 0) is 14.8 Å². The van der Waals surface area contributed by atoms with E-state index in [0.29, 0.717) is 0 Å². The number of amides is 2. The molecule has 2 aromatic carbocycles. The van der Waals surface area contributed by atoms with Crippen molar-refractivity contribution >= 4 is 27.5 Å². The molecule has 2 amide bonds. The zero-order valence-corrected chi connectivity index (χ0v) is 15.5. The predicted molar refractivity (Wildman–Crippen MR) is 98.4 cm³/mol. The normalized spacial score (nSPS) is 15.0. The van der Waals surface area contributed by atoms with Crippen molar-refractivity contribution in [3.8, 4) is 0 Å². The molecule has 0 unspecified atom stereocenters. The van der Waals surface area contributed by atoms with Gasteiger partial charge in [-0.05, 0) is 49.6 Å². The molecule has 0 saturated carbocycles. The third-order valence-electron chi connectivity index (χ3n) is 4.34. The van der Waals surface area contributed by atoms with E-state index in [4.69, 9.17) is 0 Å². The molecule has 0 fully saturated rings. The van der Waals surface area contributed by atoms with E-state index in [9.17, 15) is 18.0 Å². The van der Waals surface area contributed by atoms with Gasteiger partial charge in [0.25, 0.3) is 15.9 Å². The van der Waals surface area contributed by atoms with Crippen LogP contribution < -0.4 is 5.32 Å². The zero-order valence-electron chi connectivity index (χ0n) is 14.7. The summed E-state index contributed by atoms with van der Waals surface area (Å²) in [5.41, 5.74) is 2.92. The maximum atomic E-state index is 12.4. The van der Waals surface area contributed by atoms with Crippen LogP contribution >= 0.6 is 0 Å². The van der Waals surface area contributed by atoms with Crippen LogP contribution in [0.3, 0.4) is 0 Å². The number of aryl methyl sites for hydroxylation is 2.